The van der Waals surface area contributed by atoms with Crippen molar-refractivity contribution in [1.29, 1.82) is 0 Å². The van der Waals surface area contributed by atoms with Crippen molar-refractivity contribution in [2.24, 2.45) is 0 Å². The molecule has 114 valence electrons. The van der Waals surface area contributed by atoms with Gasteiger partial charge in [-0.2, -0.15) is 0 Å². The second-order valence-corrected chi connectivity index (χ2v) is 6.13. The second-order valence-electron chi connectivity index (χ2n) is 6.13. The van der Waals surface area contributed by atoms with E-state index in [0.29, 0.717) is 6.42 Å². The maximum Gasteiger partial charge on any atom is 0.323 e. The summed E-state index contributed by atoms with van der Waals surface area (Å²) in [4.78, 5) is 16.0. The van der Waals surface area contributed by atoms with E-state index < -0.39 is 11.5 Å². The van der Waals surface area contributed by atoms with E-state index >= 15 is 0 Å². The fourth-order valence-electron chi connectivity index (χ4n) is 2.86. The molecule has 5 nitrogen and oxygen atoms in total. The molecule has 1 heterocycles. The smallest absolute Gasteiger partial charge is 0.323 e. The molecule has 0 radical (unpaired) electrons. The molecule has 2 rings (SSSR count). The first-order valence-electron chi connectivity index (χ1n) is 7.26. The van der Waals surface area contributed by atoms with Crippen LogP contribution in [0.4, 0.5) is 0 Å². The van der Waals surface area contributed by atoms with E-state index in [0.717, 1.165) is 11.0 Å². The van der Waals surface area contributed by atoms with Crippen LogP contribution < -0.4 is 5.32 Å². The average Bonchev–Trinajstić information content (AvgIpc) is 2.81. The highest BCUT2D eigenvalue weighted by atomic mass is 16.4. The number of fused-ring (bicyclic) bond motifs is 1. The third kappa shape index (κ3) is 3.24. The van der Waals surface area contributed by atoms with Crippen LogP contribution in [0.15, 0.2) is 30.6 Å². The van der Waals surface area contributed by atoms with Gasteiger partial charge in [0, 0.05) is 12.1 Å². The Balaban J connectivity index is 2.27. The predicted molar refractivity (Wildman–Crippen MR) is 83.4 cm³/mol. The quantitative estimate of drug-likeness (QED) is 0.858. The number of carboxylic acid groups (broad SMARTS) is 1. The Morgan fingerprint density at radius 1 is 1.38 bits per heavy atom. The van der Waals surface area contributed by atoms with Gasteiger partial charge in [0.25, 0.3) is 0 Å². The van der Waals surface area contributed by atoms with Crippen molar-refractivity contribution in [2.45, 2.75) is 51.7 Å². The Morgan fingerprint density at radius 2 is 2.05 bits per heavy atom. The van der Waals surface area contributed by atoms with E-state index in [9.17, 15) is 9.90 Å². The van der Waals surface area contributed by atoms with Crippen LogP contribution in [-0.4, -0.2) is 32.2 Å². The number of benzene rings is 1. The molecule has 1 aromatic carbocycles. The van der Waals surface area contributed by atoms with Gasteiger partial charge in [-0.15, -0.1) is 0 Å². The van der Waals surface area contributed by atoms with Crippen LogP contribution in [0.5, 0.6) is 0 Å². The van der Waals surface area contributed by atoms with Crippen molar-refractivity contribution in [2.75, 3.05) is 0 Å². The van der Waals surface area contributed by atoms with Crippen LogP contribution >= 0.6 is 0 Å². The van der Waals surface area contributed by atoms with Crippen LogP contribution in [0.25, 0.3) is 11.0 Å². The van der Waals surface area contributed by atoms with Crippen molar-refractivity contribution in [1.82, 2.24) is 14.9 Å². The second kappa shape index (κ2) is 5.85. The first-order valence-corrected chi connectivity index (χ1v) is 7.26. The molecule has 0 saturated carbocycles. The Morgan fingerprint density at radius 3 is 2.67 bits per heavy atom. The van der Waals surface area contributed by atoms with Crippen molar-refractivity contribution < 1.29 is 9.90 Å². The van der Waals surface area contributed by atoms with Gasteiger partial charge in [-0.05, 0) is 46.2 Å². The molecule has 21 heavy (non-hydrogen) atoms. The van der Waals surface area contributed by atoms with Crippen LogP contribution in [0.1, 0.15) is 40.2 Å². The standard InChI is InChI=1S/C16H23N3O2/c1-11(2)18-16(4,15(20)21)9-12(3)19-10-17-13-7-5-6-8-14(13)19/h5-8,10-12,18H,9H2,1-4H3,(H,20,21). The van der Waals surface area contributed by atoms with Crippen molar-refractivity contribution in [3.8, 4) is 0 Å². The van der Waals surface area contributed by atoms with Gasteiger partial charge in [-0.1, -0.05) is 12.1 Å². The Kier molecular flexibility index (Phi) is 4.32. The minimum atomic E-state index is -0.959. The largest absolute Gasteiger partial charge is 0.480 e. The summed E-state index contributed by atoms with van der Waals surface area (Å²) in [6.07, 6.45) is 2.27. The monoisotopic (exact) mass is 289 g/mol. The summed E-state index contributed by atoms with van der Waals surface area (Å²) < 4.78 is 2.04. The summed E-state index contributed by atoms with van der Waals surface area (Å²) >= 11 is 0. The molecule has 0 aliphatic rings. The SMILES string of the molecule is CC(C)NC(C)(CC(C)n1cnc2ccccc21)C(=O)O. The minimum absolute atomic E-state index is 0.0322. The summed E-state index contributed by atoms with van der Waals surface area (Å²) in [7, 11) is 0. The summed E-state index contributed by atoms with van der Waals surface area (Å²) in [6.45, 7) is 7.68. The fraction of sp³-hybridized carbons (Fsp3) is 0.500. The number of hydrogen-bond donors (Lipinski definition) is 2. The number of aromatic nitrogens is 2. The molecule has 2 atom stereocenters. The average molecular weight is 289 g/mol. The lowest BCUT2D eigenvalue weighted by Crippen LogP contribution is -2.53. The number of nitrogens with zero attached hydrogens (tertiary/aromatic N) is 2. The van der Waals surface area contributed by atoms with Crippen molar-refractivity contribution in [3.63, 3.8) is 0 Å². The number of rotatable bonds is 6. The van der Waals surface area contributed by atoms with Crippen molar-refractivity contribution >= 4 is 17.0 Å². The zero-order valence-electron chi connectivity index (χ0n) is 13.0. The van der Waals surface area contributed by atoms with Gasteiger partial charge in [-0.3, -0.25) is 10.1 Å². The number of hydrogen-bond acceptors (Lipinski definition) is 3. The van der Waals surface area contributed by atoms with Crippen LogP contribution in [-0.2, 0) is 4.79 Å². The Labute approximate surface area is 125 Å². The molecule has 2 N–H and O–H groups in total. The van der Waals surface area contributed by atoms with E-state index in [2.05, 4.69) is 10.3 Å². The molecule has 0 aliphatic heterocycles. The number of nitrogens with one attached hydrogen (secondary N) is 1. The molecule has 0 saturated heterocycles. The number of carboxylic acids is 1. The lowest BCUT2D eigenvalue weighted by molar-refractivity contribution is -0.145. The maximum atomic E-state index is 11.6. The molecule has 0 amide bonds. The van der Waals surface area contributed by atoms with Crippen LogP contribution in [0, 0.1) is 0 Å². The molecule has 5 heteroatoms. The van der Waals surface area contributed by atoms with Gasteiger partial charge < -0.3 is 9.67 Å². The van der Waals surface area contributed by atoms with E-state index in [1.54, 1.807) is 13.3 Å². The summed E-state index contributed by atoms with van der Waals surface area (Å²) in [6, 6.07) is 8.03. The molecule has 0 bridgehead atoms. The lowest BCUT2D eigenvalue weighted by atomic mass is 9.92. The van der Waals surface area contributed by atoms with E-state index in [1.807, 2.05) is 49.6 Å². The van der Waals surface area contributed by atoms with Gasteiger partial charge in [0.2, 0.25) is 0 Å². The Bertz CT molecular complexity index is 635. The maximum absolute atomic E-state index is 11.6. The van der Waals surface area contributed by atoms with Gasteiger partial charge >= 0.3 is 5.97 Å². The molecule has 0 spiro atoms. The number of aliphatic carboxylic acids is 1. The number of carbonyl (C=O) groups is 1. The normalized spacial score (nSPS) is 16.0. The Hall–Kier alpha value is -1.88. The first kappa shape index (κ1) is 15.5. The number of imidazole rings is 1. The lowest BCUT2D eigenvalue weighted by Gasteiger charge is -2.31. The molecule has 2 unspecified atom stereocenters. The summed E-state index contributed by atoms with van der Waals surface area (Å²) in [5.74, 6) is -0.826. The topological polar surface area (TPSA) is 67.2 Å². The molecule has 0 aliphatic carbocycles. The third-order valence-corrected chi connectivity index (χ3v) is 3.74. The van der Waals surface area contributed by atoms with E-state index in [4.69, 9.17) is 0 Å². The summed E-state index contributed by atoms with van der Waals surface area (Å²) in [5.41, 5.74) is 0.999. The zero-order valence-corrected chi connectivity index (χ0v) is 13.0. The molecular formula is C16H23N3O2. The number of para-hydroxylation sites is 2. The minimum Gasteiger partial charge on any atom is -0.480 e. The van der Waals surface area contributed by atoms with Gasteiger partial charge in [-0.25, -0.2) is 4.98 Å². The molecule has 1 aromatic heterocycles. The molecule has 2 aromatic rings. The van der Waals surface area contributed by atoms with E-state index in [-0.39, 0.29) is 12.1 Å². The third-order valence-electron chi connectivity index (χ3n) is 3.74. The highest BCUT2D eigenvalue weighted by Gasteiger charge is 2.35. The zero-order chi connectivity index (χ0) is 15.6. The fourth-order valence-corrected chi connectivity index (χ4v) is 2.86. The van der Waals surface area contributed by atoms with Gasteiger partial charge in [0.1, 0.15) is 5.54 Å². The highest BCUT2D eigenvalue weighted by molar-refractivity contribution is 5.78. The highest BCUT2D eigenvalue weighted by Crippen LogP contribution is 2.25. The first-order chi connectivity index (χ1) is 9.83. The molecular weight excluding hydrogens is 266 g/mol. The van der Waals surface area contributed by atoms with Crippen molar-refractivity contribution in [3.05, 3.63) is 30.6 Å². The molecule has 0 fully saturated rings. The van der Waals surface area contributed by atoms with Crippen LogP contribution in [0.3, 0.4) is 0 Å². The van der Waals surface area contributed by atoms with Gasteiger partial charge in [0.15, 0.2) is 0 Å². The summed E-state index contributed by atoms with van der Waals surface area (Å²) in [5, 5.41) is 12.7. The predicted octanol–water partition coefficient (Wildman–Crippen LogP) is 2.83. The van der Waals surface area contributed by atoms with Gasteiger partial charge in [0.05, 0.1) is 17.4 Å². The van der Waals surface area contributed by atoms with E-state index in [1.165, 1.54) is 0 Å². The van der Waals surface area contributed by atoms with Crippen LogP contribution in [0.2, 0.25) is 0 Å².